The molecule has 2 rings (SSSR count). The molecule has 0 atom stereocenters. The van der Waals surface area contributed by atoms with Crippen molar-refractivity contribution in [3.8, 4) is 0 Å². The molecule has 2 heterocycles. The van der Waals surface area contributed by atoms with Crippen molar-refractivity contribution in [2.75, 3.05) is 0 Å². The van der Waals surface area contributed by atoms with E-state index in [0.717, 1.165) is 8.26 Å². The van der Waals surface area contributed by atoms with Gasteiger partial charge in [-0.15, -0.1) is 11.3 Å². The number of furan rings is 1. The fraction of sp³-hybridized carbons (Fsp3) is 0. The van der Waals surface area contributed by atoms with E-state index in [4.69, 9.17) is 4.42 Å². The molecule has 0 aliphatic rings. The number of ketones is 1. The van der Waals surface area contributed by atoms with E-state index in [2.05, 4.69) is 31.9 Å². The summed E-state index contributed by atoms with van der Waals surface area (Å²) in [5, 5.41) is 0. The van der Waals surface area contributed by atoms with Crippen LogP contribution in [0.1, 0.15) is 15.2 Å². The zero-order chi connectivity index (χ0) is 10.1. The molecule has 2 aromatic heterocycles. The van der Waals surface area contributed by atoms with E-state index in [-0.39, 0.29) is 5.78 Å². The summed E-state index contributed by atoms with van der Waals surface area (Å²) in [5.74, 6) is -0.0184. The maximum Gasteiger partial charge on any atom is 0.206 e. The molecule has 5 heteroatoms. The van der Waals surface area contributed by atoms with Crippen molar-refractivity contribution in [3.05, 3.63) is 43.4 Å². The lowest BCUT2D eigenvalue weighted by Gasteiger charge is -1.89. The van der Waals surface area contributed by atoms with Crippen LogP contribution in [-0.2, 0) is 0 Å². The standard InChI is InChI=1S/C9H4Br2O2S/c10-6-3-7(14-9(6)11)8(12)5-1-2-13-4-5/h1-4H. The molecule has 2 nitrogen and oxygen atoms in total. The summed E-state index contributed by atoms with van der Waals surface area (Å²) in [4.78, 5) is 12.5. The predicted molar refractivity (Wildman–Crippen MR) is 61.9 cm³/mol. The van der Waals surface area contributed by atoms with Crippen molar-refractivity contribution >= 4 is 49.0 Å². The van der Waals surface area contributed by atoms with Crippen LogP contribution in [0.3, 0.4) is 0 Å². The third kappa shape index (κ3) is 1.85. The van der Waals surface area contributed by atoms with Gasteiger partial charge in [-0.3, -0.25) is 4.79 Å². The van der Waals surface area contributed by atoms with Crippen molar-refractivity contribution in [2.45, 2.75) is 0 Å². The second-order valence-electron chi connectivity index (χ2n) is 2.57. The summed E-state index contributed by atoms with van der Waals surface area (Å²) in [6, 6.07) is 3.45. The minimum absolute atomic E-state index is 0.0184. The highest BCUT2D eigenvalue weighted by atomic mass is 79.9. The van der Waals surface area contributed by atoms with Gasteiger partial charge in [0.05, 0.1) is 20.5 Å². The number of halogens is 2. The minimum Gasteiger partial charge on any atom is -0.472 e. The maximum absolute atomic E-state index is 11.8. The Hall–Kier alpha value is -0.390. The van der Waals surface area contributed by atoms with Gasteiger partial charge in [0.2, 0.25) is 5.78 Å². The predicted octanol–water partition coefficient (Wildman–Crippen LogP) is 4.10. The molecule has 0 saturated carbocycles. The molecule has 0 aliphatic carbocycles. The molecule has 0 spiro atoms. The summed E-state index contributed by atoms with van der Waals surface area (Å²) in [6.07, 6.45) is 2.94. The van der Waals surface area contributed by atoms with E-state index in [1.54, 1.807) is 12.1 Å². The van der Waals surface area contributed by atoms with Gasteiger partial charge in [0.25, 0.3) is 0 Å². The smallest absolute Gasteiger partial charge is 0.206 e. The van der Waals surface area contributed by atoms with Crippen LogP contribution in [0, 0.1) is 0 Å². The Labute approximate surface area is 101 Å². The summed E-state index contributed by atoms with van der Waals surface area (Å²) in [6.45, 7) is 0. The first kappa shape index (κ1) is 10.1. The molecule has 0 bridgehead atoms. The van der Waals surface area contributed by atoms with Gasteiger partial charge in [-0.05, 0) is 44.0 Å². The molecule has 0 radical (unpaired) electrons. The lowest BCUT2D eigenvalue weighted by Crippen LogP contribution is -1.95. The van der Waals surface area contributed by atoms with Crippen molar-refractivity contribution in [3.63, 3.8) is 0 Å². The first-order valence-electron chi connectivity index (χ1n) is 3.70. The Morgan fingerprint density at radius 2 is 2.21 bits per heavy atom. The Kier molecular flexibility index (Phi) is 2.90. The highest BCUT2D eigenvalue weighted by Crippen LogP contribution is 2.33. The highest BCUT2D eigenvalue weighted by molar-refractivity contribution is 9.13. The van der Waals surface area contributed by atoms with Crippen LogP contribution in [-0.4, -0.2) is 5.78 Å². The summed E-state index contributed by atoms with van der Waals surface area (Å²) in [7, 11) is 0. The van der Waals surface area contributed by atoms with E-state index < -0.39 is 0 Å². The number of hydrogen-bond donors (Lipinski definition) is 0. The molecule has 0 unspecified atom stereocenters. The molecule has 0 aromatic carbocycles. The molecule has 0 aliphatic heterocycles. The van der Waals surface area contributed by atoms with Crippen molar-refractivity contribution < 1.29 is 9.21 Å². The monoisotopic (exact) mass is 334 g/mol. The molecular weight excluding hydrogens is 332 g/mol. The topological polar surface area (TPSA) is 30.2 Å². The second-order valence-corrected chi connectivity index (χ2v) is 5.80. The average molecular weight is 336 g/mol. The number of carbonyl (C=O) groups excluding carboxylic acids is 1. The Morgan fingerprint density at radius 1 is 1.43 bits per heavy atom. The third-order valence-electron chi connectivity index (χ3n) is 1.65. The molecule has 0 fully saturated rings. The van der Waals surface area contributed by atoms with Crippen molar-refractivity contribution in [2.24, 2.45) is 0 Å². The van der Waals surface area contributed by atoms with Crippen LogP contribution in [0.5, 0.6) is 0 Å². The molecule has 14 heavy (non-hydrogen) atoms. The van der Waals surface area contributed by atoms with Gasteiger partial charge < -0.3 is 4.42 Å². The SMILES string of the molecule is O=C(c1ccoc1)c1cc(Br)c(Br)s1. The van der Waals surface area contributed by atoms with E-state index in [1.807, 2.05) is 0 Å². The minimum atomic E-state index is -0.0184. The maximum atomic E-state index is 11.8. The van der Waals surface area contributed by atoms with E-state index >= 15 is 0 Å². The fourth-order valence-electron chi connectivity index (χ4n) is 0.994. The Morgan fingerprint density at radius 3 is 2.71 bits per heavy atom. The van der Waals surface area contributed by atoms with Gasteiger partial charge in [0.15, 0.2) is 0 Å². The molecule has 2 aromatic rings. The summed E-state index contributed by atoms with van der Waals surface area (Å²) >= 11 is 8.08. The first-order chi connectivity index (χ1) is 6.68. The zero-order valence-corrected chi connectivity index (χ0v) is 10.8. The molecule has 0 amide bonds. The van der Waals surface area contributed by atoms with E-state index in [0.29, 0.717) is 10.4 Å². The van der Waals surface area contributed by atoms with Gasteiger partial charge in [-0.2, -0.15) is 0 Å². The lowest BCUT2D eigenvalue weighted by molar-refractivity contribution is 0.104. The second kappa shape index (κ2) is 4.00. The average Bonchev–Trinajstić information content (AvgIpc) is 2.76. The van der Waals surface area contributed by atoms with Gasteiger partial charge in [-0.25, -0.2) is 0 Å². The number of hydrogen-bond acceptors (Lipinski definition) is 3. The largest absolute Gasteiger partial charge is 0.472 e. The van der Waals surface area contributed by atoms with Crippen LogP contribution >= 0.6 is 43.2 Å². The normalized spacial score (nSPS) is 10.4. The van der Waals surface area contributed by atoms with Crippen LogP contribution in [0.4, 0.5) is 0 Å². The highest BCUT2D eigenvalue weighted by Gasteiger charge is 2.14. The van der Waals surface area contributed by atoms with Crippen molar-refractivity contribution in [1.29, 1.82) is 0 Å². The van der Waals surface area contributed by atoms with Crippen LogP contribution < -0.4 is 0 Å². The van der Waals surface area contributed by atoms with Gasteiger partial charge in [0.1, 0.15) is 6.26 Å². The number of carbonyl (C=O) groups is 1. The van der Waals surface area contributed by atoms with Gasteiger partial charge >= 0.3 is 0 Å². The first-order valence-corrected chi connectivity index (χ1v) is 6.10. The zero-order valence-electron chi connectivity index (χ0n) is 6.79. The van der Waals surface area contributed by atoms with Crippen LogP contribution in [0.15, 0.2) is 37.3 Å². The van der Waals surface area contributed by atoms with E-state index in [1.165, 1.54) is 23.9 Å². The number of rotatable bonds is 2. The van der Waals surface area contributed by atoms with Gasteiger partial charge in [-0.1, -0.05) is 0 Å². The quantitative estimate of drug-likeness (QED) is 0.773. The third-order valence-corrected chi connectivity index (χ3v) is 4.91. The Balaban J connectivity index is 2.37. The lowest BCUT2D eigenvalue weighted by atomic mass is 10.2. The van der Waals surface area contributed by atoms with Gasteiger partial charge in [0, 0.05) is 4.47 Å². The summed E-state index contributed by atoms with van der Waals surface area (Å²) < 4.78 is 6.67. The molecule has 0 saturated heterocycles. The fourth-order valence-corrected chi connectivity index (χ4v) is 2.99. The van der Waals surface area contributed by atoms with E-state index in [9.17, 15) is 4.79 Å². The summed E-state index contributed by atoms with van der Waals surface area (Å²) in [5.41, 5.74) is 0.575. The molecule has 72 valence electrons. The molecule has 0 N–H and O–H groups in total. The van der Waals surface area contributed by atoms with Crippen LogP contribution in [0.2, 0.25) is 0 Å². The number of thiophene rings is 1. The van der Waals surface area contributed by atoms with Crippen LogP contribution in [0.25, 0.3) is 0 Å². The molecular formula is C9H4Br2O2S. The van der Waals surface area contributed by atoms with Crippen molar-refractivity contribution in [1.82, 2.24) is 0 Å². The Bertz CT molecular complexity index is 440.